The number of alkyl halides is 1. The van der Waals surface area contributed by atoms with Crippen molar-refractivity contribution in [1.82, 2.24) is 0 Å². The number of nitrogens with zero attached hydrogens (tertiary/aromatic N) is 1. The first-order valence-corrected chi connectivity index (χ1v) is 5.97. The smallest absolute Gasteiger partial charge is 0.338 e. The van der Waals surface area contributed by atoms with Crippen molar-refractivity contribution in [2.24, 2.45) is 0 Å². The number of hydrogen-bond acceptors (Lipinski definition) is 3. The van der Waals surface area contributed by atoms with E-state index in [4.69, 9.17) is 21.6 Å². The van der Waals surface area contributed by atoms with Crippen LogP contribution in [0.25, 0.3) is 0 Å². The molecule has 0 aliphatic carbocycles. The van der Waals surface area contributed by atoms with Crippen LogP contribution in [-0.2, 0) is 17.0 Å². The van der Waals surface area contributed by atoms with E-state index in [2.05, 4.69) is 6.07 Å². The van der Waals surface area contributed by atoms with Crippen LogP contribution in [0.1, 0.15) is 34.8 Å². The summed E-state index contributed by atoms with van der Waals surface area (Å²) in [5, 5.41) is 8.55. The van der Waals surface area contributed by atoms with Gasteiger partial charge in [0.05, 0.1) is 18.2 Å². The highest BCUT2D eigenvalue weighted by atomic mass is 35.5. The van der Waals surface area contributed by atoms with Crippen molar-refractivity contribution in [1.29, 1.82) is 5.26 Å². The normalized spacial score (nSPS) is 9.71. The van der Waals surface area contributed by atoms with Gasteiger partial charge in [-0.25, -0.2) is 4.79 Å². The third-order valence-electron chi connectivity index (χ3n) is 2.24. The monoisotopic (exact) mass is 251 g/mol. The highest BCUT2D eigenvalue weighted by Gasteiger charge is 2.09. The minimum Gasteiger partial charge on any atom is -0.462 e. The number of esters is 1. The van der Waals surface area contributed by atoms with E-state index in [-0.39, 0.29) is 5.97 Å². The van der Waals surface area contributed by atoms with E-state index in [0.717, 1.165) is 11.1 Å². The molecule has 0 amide bonds. The van der Waals surface area contributed by atoms with Crippen molar-refractivity contribution in [3.8, 4) is 6.07 Å². The number of aryl methyl sites for hydroxylation is 1. The third-order valence-corrected chi connectivity index (χ3v) is 2.55. The van der Waals surface area contributed by atoms with Gasteiger partial charge in [0.1, 0.15) is 0 Å². The van der Waals surface area contributed by atoms with Gasteiger partial charge in [-0.05, 0) is 36.6 Å². The zero-order valence-electron chi connectivity index (χ0n) is 9.70. The summed E-state index contributed by atoms with van der Waals surface area (Å²) in [6.45, 7) is 2.11. The summed E-state index contributed by atoms with van der Waals surface area (Å²) in [5.41, 5.74) is 2.30. The number of benzene rings is 1. The molecule has 0 aliphatic heterocycles. The Morgan fingerprint density at radius 3 is 2.71 bits per heavy atom. The van der Waals surface area contributed by atoms with Crippen LogP contribution in [0.3, 0.4) is 0 Å². The molecule has 0 bridgehead atoms. The van der Waals surface area contributed by atoms with Gasteiger partial charge in [-0.3, -0.25) is 0 Å². The summed E-state index contributed by atoms with van der Waals surface area (Å²) >= 11 is 5.77. The molecule has 0 spiro atoms. The molecule has 0 radical (unpaired) electrons. The number of ether oxygens (including phenoxy) is 1. The lowest BCUT2D eigenvalue weighted by atomic mass is 10.0. The minimum absolute atomic E-state index is 0.340. The molecule has 0 saturated carbocycles. The lowest BCUT2D eigenvalue weighted by Gasteiger charge is -2.07. The number of carbonyl (C=O) groups excluding carboxylic acids is 1. The van der Waals surface area contributed by atoms with Crippen molar-refractivity contribution in [2.45, 2.75) is 25.6 Å². The second-order valence-corrected chi connectivity index (χ2v) is 3.82. The van der Waals surface area contributed by atoms with E-state index in [1.165, 1.54) is 0 Å². The fraction of sp³-hybridized carbons (Fsp3) is 0.385. The standard InChI is InChI=1S/C13H14ClNO2/c1-2-17-13(16)12-7-10(4-3-5-15)6-11(8-12)9-14/h6-8H,2-4,9H2,1H3. The molecule has 0 N–H and O–H groups in total. The van der Waals surface area contributed by atoms with Crippen LogP contribution < -0.4 is 0 Å². The van der Waals surface area contributed by atoms with Crippen molar-refractivity contribution >= 4 is 17.6 Å². The first kappa shape index (κ1) is 13.5. The lowest BCUT2D eigenvalue weighted by molar-refractivity contribution is 0.0526. The molecule has 0 unspecified atom stereocenters. The third kappa shape index (κ3) is 4.08. The van der Waals surface area contributed by atoms with E-state index in [0.29, 0.717) is 30.9 Å². The van der Waals surface area contributed by atoms with Gasteiger partial charge in [-0.1, -0.05) is 6.07 Å². The number of carbonyl (C=O) groups is 1. The van der Waals surface area contributed by atoms with Crippen molar-refractivity contribution in [3.63, 3.8) is 0 Å². The van der Waals surface area contributed by atoms with Gasteiger partial charge in [0.15, 0.2) is 0 Å². The molecule has 0 atom stereocenters. The fourth-order valence-corrected chi connectivity index (χ4v) is 1.67. The van der Waals surface area contributed by atoms with Gasteiger partial charge in [0.2, 0.25) is 0 Å². The Morgan fingerprint density at radius 1 is 1.41 bits per heavy atom. The van der Waals surface area contributed by atoms with E-state index in [1.807, 2.05) is 6.07 Å². The van der Waals surface area contributed by atoms with E-state index in [1.54, 1.807) is 19.1 Å². The number of rotatable bonds is 5. The Bertz CT molecular complexity index is 438. The number of halogens is 1. The molecule has 0 aromatic heterocycles. The van der Waals surface area contributed by atoms with Crippen LogP contribution in [0, 0.1) is 11.3 Å². The van der Waals surface area contributed by atoms with Gasteiger partial charge < -0.3 is 4.74 Å². The molecule has 4 heteroatoms. The molecule has 1 rings (SSSR count). The molecule has 1 aromatic carbocycles. The van der Waals surface area contributed by atoms with Crippen LogP contribution >= 0.6 is 11.6 Å². The van der Waals surface area contributed by atoms with Gasteiger partial charge in [-0.15, -0.1) is 11.6 Å². The van der Waals surface area contributed by atoms with Gasteiger partial charge >= 0.3 is 5.97 Å². The highest BCUT2D eigenvalue weighted by molar-refractivity contribution is 6.17. The molecule has 90 valence electrons. The highest BCUT2D eigenvalue weighted by Crippen LogP contribution is 2.15. The van der Waals surface area contributed by atoms with Crippen LogP contribution in [0.15, 0.2) is 18.2 Å². The predicted molar refractivity (Wildman–Crippen MR) is 65.9 cm³/mol. The van der Waals surface area contributed by atoms with Gasteiger partial charge in [0.25, 0.3) is 0 Å². The fourth-order valence-electron chi connectivity index (χ4n) is 1.52. The van der Waals surface area contributed by atoms with Crippen LogP contribution in [0.4, 0.5) is 0 Å². The second-order valence-electron chi connectivity index (χ2n) is 3.55. The molecular formula is C13H14ClNO2. The van der Waals surface area contributed by atoms with Gasteiger partial charge in [-0.2, -0.15) is 5.26 Å². The quantitative estimate of drug-likeness (QED) is 0.597. The Hall–Kier alpha value is -1.53. The summed E-state index contributed by atoms with van der Waals surface area (Å²) in [4.78, 5) is 11.6. The predicted octanol–water partition coefficient (Wildman–Crippen LogP) is 3.06. The van der Waals surface area contributed by atoms with Crippen LogP contribution in [0.5, 0.6) is 0 Å². The van der Waals surface area contributed by atoms with Gasteiger partial charge in [0, 0.05) is 12.3 Å². The average Bonchev–Trinajstić information content (AvgIpc) is 2.36. The molecule has 1 aromatic rings. The first-order valence-electron chi connectivity index (χ1n) is 5.44. The largest absolute Gasteiger partial charge is 0.462 e. The van der Waals surface area contributed by atoms with Crippen LogP contribution in [-0.4, -0.2) is 12.6 Å². The Morgan fingerprint density at radius 2 is 2.12 bits per heavy atom. The maximum absolute atomic E-state index is 11.6. The van der Waals surface area contributed by atoms with Crippen molar-refractivity contribution in [3.05, 3.63) is 34.9 Å². The van der Waals surface area contributed by atoms with E-state index in [9.17, 15) is 4.79 Å². The summed E-state index contributed by atoms with van der Waals surface area (Å²) in [7, 11) is 0. The maximum atomic E-state index is 11.6. The zero-order valence-corrected chi connectivity index (χ0v) is 10.5. The second kappa shape index (κ2) is 6.93. The first-order chi connectivity index (χ1) is 8.21. The summed E-state index contributed by atoms with van der Waals surface area (Å²) in [6, 6.07) is 7.47. The summed E-state index contributed by atoms with van der Waals surface area (Å²) in [6.07, 6.45) is 1.04. The SMILES string of the molecule is CCOC(=O)c1cc(CCl)cc(CCC#N)c1. The molecular weight excluding hydrogens is 238 g/mol. The molecule has 0 aliphatic rings. The molecule has 3 nitrogen and oxygen atoms in total. The molecule has 0 saturated heterocycles. The summed E-state index contributed by atoms with van der Waals surface area (Å²) < 4.78 is 4.94. The Labute approximate surface area is 106 Å². The van der Waals surface area contributed by atoms with Crippen molar-refractivity contribution in [2.75, 3.05) is 6.61 Å². The minimum atomic E-state index is -0.349. The Kier molecular flexibility index (Phi) is 5.51. The van der Waals surface area contributed by atoms with E-state index >= 15 is 0 Å². The van der Waals surface area contributed by atoms with Crippen LogP contribution in [0.2, 0.25) is 0 Å². The maximum Gasteiger partial charge on any atom is 0.338 e. The van der Waals surface area contributed by atoms with Crippen molar-refractivity contribution < 1.29 is 9.53 Å². The summed E-state index contributed by atoms with van der Waals surface area (Å²) in [5.74, 6) is -0.00930. The Balaban J connectivity index is 2.97. The molecule has 0 fully saturated rings. The number of hydrogen-bond donors (Lipinski definition) is 0. The average molecular weight is 252 g/mol. The lowest BCUT2D eigenvalue weighted by Crippen LogP contribution is -2.06. The molecule has 17 heavy (non-hydrogen) atoms. The molecule has 0 heterocycles. The zero-order chi connectivity index (χ0) is 12.7. The number of nitriles is 1. The van der Waals surface area contributed by atoms with E-state index < -0.39 is 0 Å². The topological polar surface area (TPSA) is 50.1 Å².